The number of ether oxygens (including phenoxy) is 1. The molecule has 0 unspecified atom stereocenters. The Morgan fingerprint density at radius 1 is 1.24 bits per heavy atom. The first-order valence-electron chi connectivity index (χ1n) is 5.44. The predicted octanol–water partition coefficient (Wildman–Crippen LogP) is 3.61. The Kier molecular flexibility index (Phi) is 3.64. The van der Waals surface area contributed by atoms with Crippen molar-refractivity contribution in [3.05, 3.63) is 45.9 Å². The maximum absolute atomic E-state index is 12.8. The molecule has 1 aromatic heterocycles. The quantitative estimate of drug-likeness (QED) is 0.842. The van der Waals surface area contributed by atoms with E-state index in [-0.39, 0.29) is 5.82 Å². The molecule has 0 radical (unpaired) electrons. The number of benzene rings is 1. The SMILES string of the molecule is CCc1ccc(COc2ccc(F)cc2N)s1. The summed E-state index contributed by atoms with van der Waals surface area (Å²) >= 11 is 1.72. The van der Waals surface area contributed by atoms with Gasteiger partial charge in [0.05, 0.1) is 5.69 Å². The molecule has 2 aromatic rings. The second-order valence-corrected chi connectivity index (χ2v) is 4.95. The largest absolute Gasteiger partial charge is 0.486 e. The van der Waals surface area contributed by atoms with Gasteiger partial charge in [0.2, 0.25) is 0 Å². The number of hydrogen-bond acceptors (Lipinski definition) is 3. The molecule has 2 N–H and O–H groups in total. The third kappa shape index (κ3) is 2.97. The minimum absolute atomic E-state index is 0.331. The van der Waals surface area contributed by atoms with Crippen LogP contribution in [0, 0.1) is 5.82 Å². The van der Waals surface area contributed by atoms with Crippen molar-refractivity contribution in [2.75, 3.05) is 5.73 Å². The summed E-state index contributed by atoms with van der Waals surface area (Å²) in [5.74, 6) is 0.178. The molecule has 0 saturated carbocycles. The molecule has 0 bridgehead atoms. The van der Waals surface area contributed by atoms with E-state index in [1.807, 2.05) is 6.07 Å². The second-order valence-electron chi connectivity index (χ2n) is 3.69. The van der Waals surface area contributed by atoms with Gasteiger partial charge in [0.15, 0.2) is 0 Å². The van der Waals surface area contributed by atoms with Crippen molar-refractivity contribution < 1.29 is 9.13 Å². The van der Waals surface area contributed by atoms with Gasteiger partial charge < -0.3 is 10.5 Å². The number of thiophene rings is 1. The number of rotatable bonds is 4. The lowest BCUT2D eigenvalue weighted by Crippen LogP contribution is -1.97. The van der Waals surface area contributed by atoms with E-state index in [4.69, 9.17) is 10.5 Å². The summed E-state index contributed by atoms with van der Waals surface area (Å²) < 4.78 is 18.4. The minimum atomic E-state index is -0.348. The lowest BCUT2D eigenvalue weighted by atomic mass is 10.3. The van der Waals surface area contributed by atoms with Crippen LogP contribution in [0.15, 0.2) is 30.3 Å². The smallest absolute Gasteiger partial charge is 0.142 e. The van der Waals surface area contributed by atoms with E-state index in [1.165, 1.54) is 17.0 Å². The van der Waals surface area contributed by atoms with E-state index in [9.17, 15) is 4.39 Å². The average molecular weight is 251 g/mol. The maximum Gasteiger partial charge on any atom is 0.142 e. The summed E-state index contributed by atoms with van der Waals surface area (Å²) in [5, 5.41) is 0. The van der Waals surface area contributed by atoms with E-state index in [2.05, 4.69) is 13.0 Å². The number of anilines is 1. The van der Waals surface area contributed by atoms with Crippen LogP contribution in [0.5, 0.6) is 5.75 Å². The highest BCUT2D eigenvalue weighted by Crippen LogP contribution is 2.24. The van der Waals surface area contributed by atoms with E-state index >= 15 is 0 Å². The summed E-state index contributed by atoms with van der Waals surface area (Å²) in [6, 6.07) is 8.30. The highest BCUT2D eigenvalue weighted by molar-refractivity contribution is 7.11. The molecule has 2 rings (SSSR count). The fraction of sp³-hybridized carbons (Fsp3) is 0.231. The number of halogens is 1. The molecule has 0 aliphatic carbocycles. The Morgan fingerprint density at radius 2 is 2.00 bits per heavy atom. The Balaban J connectivity index is 2.02. The molecule has 0 aliphatic rings. The topological polar surface area (TPSA) is 35.2 Å². The average Bonchev–Trinajstić information content (AvgIpc) is 2.76. The Morgan fingerprint density at radius 3 is 2.65 bits per heavy atom. The van der Waals surface area contributed by atoms with Gasteiger partial charge in [-0.3, -0.25) is 0 Å². The van der Waals surface area contributed by atoms with Crippen molar-refractivity contribution in [2.45, 2.75) is 20.0 Å². The summed E-state index contributed by atoms with van der Waals surface area (Å²) in [7, 11) is 0. The van der Waals surface area contributed by atoms with Gasteiger partial charge in [-0.05, 0) is 30.7 Å². The molecular weight excluding hydrogens is 237 g/mol. The number of nitrogens with two attached hydrogens (primary N) is 1. The molecule has 0 aliphatic heterocycles. The zero-order valence-corrected chi connectivity index (χ0v) is 10.4. The van der Waals surface area contributed by atoms with Crippen molar-refractivity contribution in [1.82, 2.24) is 0 Å². The third-order valence-corrected chi connectivity index (χ3v) is 3.61. The Labute approximate surface area is 104 Å². The van der Waals surface area contributed by atoms with Crippen molar-refractivity contribution in [3.63, 3.8) is 0 Å². The van der Waals surface area contributed by atoms with Crippen molar-refractivity contribution >= 4 is 17.0 Å². The number of aryl methyl sites for hydroxylation is 1. The molecule has 0 fully saturated rings. The Bertz CT molecular complexity index is 510. The van der Waals surface area contributed by atoms with Gasteiger partial charge in [0.1, 0.15) is 18.2 Å². The summed E-state index contributed by atoms with van der Waals surface area (Å²) in [6.07, 6.45) is 1.03. The van der Waals surface area contributed by atoms with Gasteiger partial charge in [0, 0.05) is 15.8 Å². The summed E-state index contributed by atoms with van der Waals surface area (Å²) in [5.41, 5.74) is 5.99. The third-order valence-electron chi connectivity index (χ3n) is 2.41. The van der Waals surface area contributed by atoms with E-state index in [1.54, 1.807) is 17.4 Å². The van der Waals surface area contributed by atoms with Crippen LogP contribution in [-0.4, -0.2) is 0 Å². The number of hydrogen-bond donors (Lipinski definition) is 1. The molecule has 0 saturated heterocycles. The maximum atomic E-state index is 12.8. The standard InChI is InChI=1S/C13H14FNOS/c1-2-10-4-5-11(17-10)8-16-13-6-3-9(14)7-12(13)15/h3-7H,2,8,15H2,1H3. The van der Waals surface area contributed by atoms with Gasteiger partial charge in [-0.15, -0.1) is 11.3 Å². The highest BCUT2D eigenvalue weighted by Gasteiger charge is 2.04. The molecule has 0 amide bonds. The van der Waals surface area contributed by atoms with E-state index < -0.39 is 0 Å². The van der Waals surface area contributed by atoms with Crippen molar-refractivity contribution in [3.8, 4) is 5.75 Å². The first-order valence-corrected chi connectivity index (χ1v) is 6.26. The van der Waals surface area contributed by atoms with Crippen LogP contribution in [0.1, 0.15) is 16.7 Å². The van der Waals surface area contributed by atoms with Crippen LogP contribution in [0.3, 0.4) is 0 Å². The lowest BCUT2D eigenvalue weighted by Gasteiger charge is -2.07. The van der Waals surface area contributed by atoms with Crippen LogP contribution < -0.4 is 10.5 Å². The fourth-order valence-electron chi connectivity index (χ4n) is 1.49. The van der Waals surface area contributed by atoms with Crippen molar-refractivity contribution in [1.29, 1.82) is 0 Å². The molecule has 0 spiro atoms. The fourth-order valence-corrected chi connectivity index (χ4v) is 2.36. The molecule has 4 heteroatoms. The Hall–Kier alpha value is -1.55. The molecule has 1 heterocycles. The molecule has 2 nitrogen and oxygen atoms in total. The van der Waals surface area contributed by atoms with Crippen LogP contribution >= 0.6 is 11.3 Å². The first kappa shape index (κ1) is 11.9. The normalized spacial score (nSPS) is 10.5. The van der Waals surface area contributed by atoms with Gasteiger partial charge in [0.25, 0.3) is 0 Å². The van der Waals surface area contributed by atoms with Gasteiger partial charge in [-0.2, -0.15) is 0 Å². The first-order chi connectivity index (χ1) is 8.19. The van der Waals surface area contributed by atoms with Crippen LogP contribution in [0.4, 0.5) is 10.1 Å². The van der Waals surface area contributed by atoms with Crippen LogP contribution in [0.2, 0.25) is 0 Å². The van der Waals surface area contributed by atoms with E-state index in [0.29, 0.717) is 18.0 Å². The molecule has 0 atom stereocenters. The summed E-state index contributed by atoms with van der Waals surface area (Å²) in [6.45, 7) is 2.59. The zero-order chi connectivity index (χ0) is 12.3. The highest BCUT2D eigenvalue weighted by atomic mass is 32.1. The molecule has 90 valence electrons. The molecule has 17 heavy (non-hydrogen) atoms. The van der Waals surface area contributed by atoms with E-state index in [0.717, 1.165) is 11.3 Å². The predicted molar refractivity (Wildman–Crippen MR) is 68.8 cm³/mol. The lowest BCUT2D eigenvalue weighted by molar-refractivity contribution is 0.311. The van der Waals surface area contributed by atoms with Crippen LogP contribution in [-0.2, 0) is 13.0 Å². The minimum Gasteiger partial charge on any atom is -0.486 e. The van der Waals surface area contributed by atoms with Gasteiger partial charge >= 0.3 is 0 Å². The molecule has 1 aromatic carbocycles. The van der Waals surface area contributed by atoms with Crippen LogP contribution in [0.25, 0.3) is 0 Å². The number of nitrogen functional groups attached to an aromatic ring is 1. The van der Waals surface area contributed by atoms with Crippen molar-refractivity contribution in [2.24, 2.45) is 0 Å². The second kappa shape index (κ2) is 5.19. The molecular formula is C13H14FNOS. The monoisotopic (exact) mass is 251 g/mol. The van der Waals surface area contributed by atoms with Gasteiger partial charge in [-0.25, -0.2) is 4.39 Å². The van der Waals surface area contributed by atoms with Gasteiger partial charge in [-0.1, -0.05) is 6.92 Å². The summed E-state index contributed by atoms with van der Waals surface area (Å²) in [4.78, 5) is 2.47. The zero-order valence-electron chi connectivity index (χ0n) is 9.57.